The standard InChI is InChI=1S/C9H19N5O2/c1-4-10-5-9-11-12-13-14(9)6-8(16-3)7-15-2/h8,10H,4-7H2,1-3H3. The third-order valence-corrected chi connectivity index (χ3v) is 2.20. The van der Waals surface area contributed by atoms with E-state index in [0.29, 0.717) is 19.7 Å². The van der Waals surface area contributed by atoms with Crippen LogP contribution in [0.2, 0.25) is 0 Å². The molecule has 16 heavy (non-hydrogen) atoms. The third kappa shape index (κ3) is 3.84. The first kappa shape index (κ1) is 13.0. The summed E-state index contributed by atoms with van der Waals surface area (Å²) in [6.07, 6.45) is -0.0334. The first-order chi connectivity index (χ1) is 7.81. The van der Waals surface area contributed by atoms with Crippen LogP contribution in [0.1, 0.15) is 12.7 Å². The van der Waals surface area contributed by atoms with Crippen LogP contribution < -0.4 is 5.32 Å². The van der Waals surface area contributed by atoms with E-state index in [1.807, 2.05) is 6.92 Å². The highest BCUT2D eigenvalue weighted by molar-refractivity contribution is 4.80. The topological polar surface area (TPSA) is 74.1 Å². The molecule has 1 rings (SSSR count). The Hall–Kier alpha value is -1.05. The zero-order chi connectivity index (χ0) is 11.8. The molecule has 1 aromatic heterocycles. The van der Waals surface area contributed by atoms with Gasteiger partial charge in [-0.3, -0.25) is 0 Å². The second kappa shape index (κ2) is 7.26. The van der Waals surface area contributed by atoms with Crippen LogP contribution in [0.5, 0.6) is 0 Å². The molecular formula is C9H19N5O2. The molecule has 0 aliphatic carbocycles. The summed E-state index contributed by atoms with van der Waals surface area (Å²) in [7, 11) is 3.29. The molecule has 1 N–H and O–H groups in total. The minimum absolute atomic E-state index is 0.0334. The SMILES string of the molecule is CCNCc1nnnn1CC(COC)OC. The van der Waals surface area contributed by atoms with Gasteiger partial charge >= 0.3 is 0 Å². The Morgan fingerprint density at radius 1 is 1.44 bits per heavy atom. The second-order valence-electron chi connectivity index (χ2n) is 3.37. The molecular weight excluding hydrogens is 210 g/mol. The molecule has 0 radical (unpaired) electrons. The number of nitrogens with zero attached hydrogens (tertiary/aromatic N) is 4. The Morgan fingerprint density at radius 2 is 2.25 bits per heavy atom. The average molecular weight is 229 g/mol. The molecule has 0 aromatic carbocycles. The van der Waals surface area contributed by atoms with Gasteiger partial charge in [0.2, 0.25) is 0 Å². The van der Waals surface area contributed by atoms with Crippen LogP contribution in [0, 0.1) is 0 Å². The lowest BCUT2D eigenvalue weighted by atomic mass is 10.3. The van der Waals surface area contributed by atoms with Crippen molar-refractivity contribution in [3.05, 3.63) is 5.82 Å². The molecule has 0 bridgehead atoms. The van der Waals surface area contributed by atoms with Crippen molar-refractivity contribution < 1.29 is 9.47 Å². The van der Waals surface area contributed by atoms with E-state index >= 15 is 0 Å². The summed E-state index contributed by atoms with van der Waals surface area (Å²) in [6, 6.07) is 0. The highest BCUT2D eigenvalue weighted by Crippen LogP contribution is 1.98. The Morgan fingerprint density at radius 3 is 2.88 bits per heavy atom. The van der Waals surface area contributed by atoms with Gasteiger partial charge < -0.3 is 14.8 Å². The van der Waals surface area contributed by atoms with E-state index in [4.69, 9.17) is 9.47 Å². The first-order valence-corrected chi connectivity index (χ1v) is 5.29. The van der Waals surface area contributed by atoms with Crippen molar-refractivity contribution in [1.82, 2.24) is 25.5 Å². The summed E-state index contributed by atoms with van der Waals surface area (Å²) >= 11 is 0. The van der Waals surface area contributed by atoms with Crippen molar-refractivity contribution in [2.24, 2.45) is 0 Å². The largest absolute Gasteiger partial charge is 0.382 e. The minimum Gasteiger partial charge on any atom is -0.382 e. The van der Waals surface area contributed by atoms with E-state index in [2.05, 4.69) is 20.8 Å². The number of methoxy groups -OCH3 is 2. The van der Waals surface area contributed by atoms with Gasteiger partial charge in [-0.1, -0.05) is 6.92 Å². The Labute approximate surface area is 95.1 Å². The fraction of sp³-hybridized carbons (Fsp3) is 0.889. The van der Waals surface area contributed by atoms with Crippen LogP contribution in [-0.4, -0.2) is 53.7 Å². The maximum absolute atomic E-state index is 5.26. The van der Waals surface area contributed by atoms with Gasteiger partial charge in [0.05, 0.1) is 19.7 Å². The van der Waals surface area contributed by atoms with Crippen LogP contribution in [0.4, 0.5) is 0 Å². The maximum Gasteiger partial charge on any atom is 0.165 e. The van der Waals surface area contributed by atoms with Gasteiger partial charge in [-0.15, -0.1) is 5.10 Å². The number of hydrogen-bond donors (Lipinski definition) is 1. The number of tetrazole rings is 1. The molecule has 92 valence electrons. The smallest absolute Gasteiger partial charge is 0.165 e. The van der Waals surface area contributed by atoms with E-state index in [9.17, 15) is 0 Å². The monoisotopic (exact) mass is 229 g/mol. The van der Waals surface area contributed by atoms with Gasteiger partial charge in [0, 0.05) is 14.2 Å². The van der Waals surface area contributed by atoms with Crippen LogP contribution in [0.25, 0.3) is 0 Å². The van der Waals surface area contributed by atoms with E-state index in [1.165, 1.54) is 0 Å². The normalized spacial score (nSPS) is 12.9. The van der Waals surface area contributed by atoms with E-state index in [0.717, 1.165) is 12.4 Å². The van der Waals surface area contributed by atoms with Crippen molar-refractivity contribution in [1.29, 1.82) is 0 Å². The molecule has 0 spiro atoms. The fourth-order valence-corrected chi connectivity index (χ4v) is 1.30. The number of nitrogens with one attached hydrogen (secondary N) is 1. The number of rotatable bonds is 8. The summed E-state index contributed by atoms with van der Waals surface area (Å²) in [4.78, 5) is 0. The number of hydrogen-bond acceptors (Lipinski definition) is 6. The van der Waals surface area contributed by atoms with Gasteiger partial charge in [0.1, 0.15) is 6.10 Å². The molecule has 7 heteroatoms. The molecule has 1 aromatic rings. The summed E-state index contributed by atoms with van der Waals surface area (Å²) < 4.78 is 12.0. The Balaban J connectivity index is 2.54. The lowest BCUT2D eigenvalue weighted by molar-refractivity contribution is 0.0155. The van der Waals surface area contributed by atoms with E-state index in [1.54, 1.807) is 18.9 Å². The molecule has 7 nitrogen and oxygen atoms in total. The molecule has 0 saturated heterocycles. The highest BCUT2D eigenvalue weighted by Gasteiger charge is 2.12. The van der Waals surface area contributed by atoms with Crippen LogP contribution >= 0.6 is 0 Å². The molecule has 0 saturated carbocycles. The van der Waals surface area contributed by atoms with Crippen LogP contribution in [-0.2, 0) is 22.6 Å². The zero-order valence-electron chi connectivity index (χ0n) is 10.0. The predicted molar refractivity (Wildman–Crippen MR) is 57.9 cm³/mol. The van der Waals surface area contributed by atoms with Crippen molar-refractivity contribution in [3.8, 4) is 0 Å². The van der Waals surface area contributed by atoms with Crippen molar-refractivity contribution >= 4 is 0 Å². The first-order valence-electron chi connectivity index (χ1n) is 5.29. The fourth-order valence-electron chi connectivity index (χ4n) is 1.30. The quantitative estimate of drug-likeness (QED) is 0.644. The highest BCUT2D eigenvalue weighted by atomic mass is 16.5. The Kier molecular flexibility index (Phi) is 5.91. The molecule has 0 aliphatic heterocycles. The van der Waals surface area contributed by atoms with E-state index in [-0.39, 0.29) is 6.10 Å². The van der Waals surface area contributed by atoms with Crippen molar-refractivity contribution in [3.63, 3.8) is 0 Å². The van der Waals surface area contributed by atoms with Gasteiger partial charge in [-0.2, -0.15) is 0 Å². The number of aromatic nitrogens is 4. The number of ether oxygens (including phenoxy) is 2. The summed E-state index contributed by atoms with van der Waals surface area (Å²) in [6.45, 7) is 4.71. The van der Waals surface area contributed by atoms with Gasteiger partial charge in [0.25, 0.3) is 0 Å². The maximum atomic E-state index is 5.26. The van der Waals surface area contributed by atoms with E-state index < -0.39 is 0 Å². The Bertz CT molecular complexity index is 291. The summed E-state index contributed by atoms with van der Waals surface area (Å²) in [5.41, 5.74) is 0. The van der Waals surface area contributed by atoms with Gasteiger partial charge in [-0.05, 0) is 17.0 Å². The lowest BCUT2D eigenvalue weighted by Gasteiger charge is -2.14. The summed E-state index contributed by atoms with van der Waals surface area (Å²) in [5, 5.41) is 14.7. The molecule has 1 heterocycles. The molecule has 0 aliphatic rings. The molecule has 0 amide bonds. The minimum atomic E-state index is -0.0334. The second-order valence-corrected chi connectivity index (χ2v) is 3.37. The molecule has 1 unspecified atom stereocenters. The third-order valence-electron chi connectivity index (χ3n) is 2.20. The zero-order valence-corrected chi connectivity index (χ0v) is 10.0. The van der Waals surface area contributed by atoms with Gasteiger partial charge in [0.15, 0.2) is 5.82 Å². The van der Waals surface area contributed by atoms with Crippen molar-refractivity contribution in [2.45, 2.75) is 26.1 Å². The summed E-state index contributed by atoms with van der Waals surface area (Å²) in [5.74, 6) is 0.806. The predicted octanol–water partition coefficient (Wildman–Crippen LogP) is -0.556. The van der Waals surface area contributed by atoms with Crippen LogP contribution in [0.3, 0.4) is 0 Å². The lowest BCUT2D eigenvalue weighted by Crippen LogP contribution is -2.27. The molecule has 1 atom stereocenters. The van der Waals surface area contributed by atoms with Crippen LogP contribution in [0.15, 0.2) is 0 Å². The molecule has 0 fully saturated rings. The average Bonchev–Trinajstić information content (AvgIpc) is 2.73. The van der Waals surface area contributed by atoms with Gasteiger partial charge in [-0.25, -0.2) is 4.68 Å². The van der Waals surface area contributed by atoms with Crippen molar-refractivity contribution in [2.75, 3.05) is 27.4 Å².